The number of rotatable bonds is 6. The first-order valence-electron chi connectivity index (χ1n) is 9.50. The maximum atomic E-state index is 13.9. The Labute approximate surface area is 169 Å². The van der Waals surface area contributed by atoms with Crippen molar-refractivity contribution in [1.82, 2.24) is 19.8 Å². The Morgan fingerprint density at radius 1 is 1.03 bits per heavy atom. The van der Waals surface area contributed by atoms with E-state index in [2.05, 4.69) is 29.1 Å². The van der Waals surface area contributed by atoms with E-state index in [1.54, 1.807) is 6.07 Å². The molecule has 0 saturated heterocycles. The van der Waals surface area contributed by atoms with Crippen LogP contribution in [0.4, 0.5) is 4.39 Å². The molecule has 0 aliphatic carbocycles. The van der Waals surface area contributed by atoms with Crippen molar-refractivity contribution < 1.29 is 8.91 Å². The molecule has 0 aliphatic rings. The molecule has 2 aromatic heterocycles. The lowest BCUT2D eigenvalue weighted by Crippen LogP contribution is -2.17. The molecule has 0 spiro atoms. The van der Waals surface area contributed by atoms with Crippen LogP contribution in [-0.2, 0) is 13.1 Å². The second-order valence-electron chi connectivity index (χ2n) is 7.40. The van der Waals surface area contributed by atoms with Crippen molar-refractivity contribution in [2.75, 3.05) is 7.05 Å². The minimum absolute atomic E-state index is 0.274. The van der Waals surface area contributed by atoms with Gasteiger partial charge in [-0.25, -0.2) is 9.07 Å². The third-order valence-electron chi connectivity index (χ3n) is 4.70. The molecule has 148 valence electrons. The minimum Gasteiger partial charge on any atom is -0.360 e. The lowest BCUT2D eigenvalue weighted by Gasteiger charge is -2.14. The van der Waals surface area contributed by atoms with Gasteiger partial charge in [-0.05, 0) is 50.7 Å². The van der Waals surface area contributed by atoms with Crippen LogP contribution in [0.25, 0.3) is 16.9 Å². The summed E-state index contributed by atoms with van der Waals surface area (Å²) in [6, 6.07) is 16.6. The van der Waals surface area contributed by atoms with Gasteiger partial charge in [-0.15, -0.1) is 0 Å². The highest BCUT2D eigenvalue weighted by atomic mass is 19.1. The summed E-state index contributed by atoms with van der Waals surface area (Å²) in [4.78, 5) is 2.13. The van der Waals surface area contributed by atoms with Crippen molar-refractivity contribution in [3.05, 3.63) is 89.2 Å². The highest BCUT2D eigenvalue weighted by Crippen LogP contribution is 2.26. The molecule has 2 heterocycles. The van der Waals surface area contributed by atoms with E-state index >= 15 is 0 Å². The topological polar surface area (TPSA) is 47.1 Å². The molecule has 0 aliphatic heterocycles. The molecular formula is C23H23FN4O. The van der Waals surface area contributed by atoms with Gasteiger partial charge in [0.25, 0.3) is 0 Å². The lowest BCUT2D eigenvalue weighted by atomic mass is 10.1. The van der Waals surface area contributed by atoms with Crippen LogP contribution in [0.2, 0.25) is 0 Å². The number of nitrogens with zero attached hydrogens (tertiary/aromatic N) is 4. The molecule has 0 amide bonds. The highest BCUT2D eigenvalue weighted by molar-refractivity contribution is 5.63. The molecule has 0 atom stereocenters. The van der Waals surface area contributed by atoms with Gasteiger partial charge in [0, 0.05) is 29.9 Å². The number of hydrogen-bond acceptors (Lipinski definition) is 4. The molecule has 0 N–H and O–H groups in total. The number of benzene rings is 2. The zero-order valence-electron chi connectivity index (χ0n) is 16.8. The van der Waals surface area contributed by atoms with E-state index in [1.165, 1.54) is 12.1 Å². The molecule has 4 rings (SSSR count). The Hall–Kier alpha value is -3.25. The summed E-state index contributed by atoms with van der Waals surface area (Å²) >= 11 is 0. The molecule has 0 fully saturated rings. The van der Waals surface area contributed by atoms with Crippen LogP contribution >= 0.6 is 0 Å². The minimum atomic E-state index is -0.274. The second-order valence-corrected chi connectivity index (χ2v) is 7.40. The first-order chi connectivity index (χ1) is 14.0. The number of aromatic nitrogens is 3. The third kappa shape index (κ3) is 4.43. The van der Waals surface area contributed by atoms with Gasteiger partial charge in [0.05, 0.1) is 23.6 Å². The Morgan fingerprint density at radius 2 is 1.86 bits per heavy atom. The fourth-order valence-corrected chi connectivity index (χ4v) is 3.41. The Kier molecular flexibility index (Phi) is 5.27. The summed E-state index contributed by atoms with van der Waals surface area (Å²) in [5.74, 6) is 0.535. The van der Waals surface area contributed by atoms with E-state index < -0.39 is 0 Å². The zero-order chi connectivity index (χ0) is 20.4. The normalized spacial score (nSPS) is 11.3. The van der Waals surface area contributed by atoms with E-state index in [0.29, 0.717) is 13.1 Å². The SMILES string of the molecule is Cc1cccc(-n2cc(CN(C)Cc3cc(C)no3)c(-c3cccc(F)c3)n2)c1. The summed E-state index contributed by atoms with van der Waals surface area (Å²) in [6.45, 7) is 5.21. The van der Waals surface area contributed by atoms with Gasteiger partial charge in [0.15, 0.2) is 5.76 Å². The van der Waals surface area contributed by atoms with Crippen LogP contribution in [0.5, 0.6) is 0 Å². The molecule has 0 unspecified atom stereocenters. The van der Waals surface area contributed by atoms with Crippen molar-refractivity contribution in [1.29, 1.82) is 0 Å². The summed E-state index contributed by atoms with van der Waals surface area (Å²) in [6.07, 6.45) is 2.01. The van der Waals surface area contributed by atoms with Crippen molar-refractivity contribution in [2.24, 2.45) is 0 Å². The van der Waals surface area contributed by atoms with Gasteiger partial charge in [0.1, 0.15) is 5.82 Å². The standard InChI is InChI=1S/C23H23FN4O/c1-16-6-4-9-21(10-16)28-14-19(13-27(3)15-22-11-17(2)26-29-22)23(25-28)18-7-5-8-20(24)12-18/h4-12,14H,13,15H2,1-3H3. The largest absolute Gasteiger partial charge is 0.360 e. The summed E-state index contributed by atoms with van der Waals surface area (Å²) in [5, 5.41) is 8.73. The van der Waals surface area contributed by atoms with Crippen LogP contribution in [0.1, 0.15) is 22.6 Å². The summed E-state index contributed by atoms with van der Waals surface area (Å²) in [5.41, 5.74) is 5.53. The van der Waals surface area contributed by atoms with Gasteiger partial charge in [-0.1, -0.05) is 29.4 Å². The van der Waals surface area contributed by atoms with Crippen molar-refractivity contribution in [3.8, 4) is 16.9 Å². The van der Waals surface area contributed by atoms with Crippen molar-refractivity contribution in [3.63, 3.8) is 0 Å². The highest BCUT2D eigenvalue weighted by Gasteiger charge is 2.16. The summed E-state index contributed by atoms with van der Waals surface area (Å²) < 4.78 is 21.0. The van der Waals surface area contributed by atoms with Crippen LogP contribution in [-0.4, -0.2) is 26.9 Å². The molecule has 4 aromatic rings. The first-order valence-corrected chi connectivity index (χ1v) is 9.50. The van der Waals surface area contributed by atoms with E-state index in [9.17, 15) is 4.39 Å². The monoisotopic (exact) mass is 390 g/mol. The second kappa shape index (κ2) is 8.01. The van der Waals surface area contributed by atoms with Crippen LogP contribution in [0.15, 0.2) is 65.3 Å². The molecule has 0 saturated carbocycles. The molecule has 0 radical (unpaired) electrons. The first kappa shape index (κ1) is 19.1. The van der Waals surface area contributed by atoms with Crippen molar-refractivity contribution in [2.45, 2.75) is 26.9 Å². The Bertz CT molecular complexity index is 1130. The van der Waals surface area contributed by atoms with E-state index in [4.69, 9.17) is 9.62 Å². The van der Waals surface area contributed by atoms with Crippen LogP contribution in [0.3, 0.4) is 0 Å². The fraction of sp³-hybridized carbons (Fsp3) is 0.217. The molecule has 2 aromatic carbocycles. The van der Waals surface area contributed by atoms with Gasteiger partial charge in [-0.2, -0.15) is 5.10 Å². The number of hydrogen-bond donors (Lipinski definition) is 0. The smallest absolute Gasteiger partial charge is 0.150 e. The maximum absolute atomic E-state index is 13.9. The van der Waals surface area contributed by atoms with E-state index in [-0.39, 0.29) is 5.82 Å². The van der Waals surface area contributed by atoms with E-state index in [0.717, 1.165) is 39.5 Å². The summed E-state index contributed by atoms with van der Waals surface area (Å²) in [7, 11) is 2.01. The van der Waals surface area contributed by atoms with Gasteiger partial charge in [0.2, 0.25) is 0 Å². The van der Waals surface area contributed by atoms with Gasteiger partial charge < -0.3 is 4.52 Å². The van der Waals surface area contributed by atoms with Gasteiger partial charge in [-0.3, -0.25) is 4.90 Å². The Morgan fingerprint density at radius 3 is 2.59 bits per heavy atom. The van der Waals surface area contributed by atoms with Gasteiger partial charge >= 0.3 is 0 Å². The quantitative estimate of drug-likeness (QED) is 0.469. The predicted octanol–water partition coefficient (Wildman–Crippen LogP) is 4.92. The molecule has 5 nitrogen and oxygen atoms in total. The fourth-order valence-electron chi connectivity index (χ4n) is 3.41. The average Bonchev–Trinajstić information content (AvgIpc) is 3.28. The maximum Gasteiger partial charge on any atom is 0.150 e. The number of halogens is 1. The lowest BCUT2D eigenvalue weighted by molar-refractivity contribution is 0.266. The van der Waals surface area contributed by atoms with Crippen LogP contribution in [0, 0.1) is 19.7 Å². The zero-order valence-corrected chi connectivity index (χ0v) is 16.8. The predicted molar refractivity (Wildman–Crippen MR) is 110 cm³/mol. The molecule has 6 heteroatoms. The molecular weight excluding hydrogens is 367 g/mol. The van der Waals surface area contributed by atoms with Crippen LogP contribution < -0.4 is 0 Å². The number of aryl methyl sites for hydroxylation is 2. The molecule has 0 bridgehead atoms. The average molecular weight is 390 g/mol. The Balaban J connectivity index is 1.68. The van der Waals surface area contributed by atoms with E-state index in [1.807, 2.05) is 49.1 Å². The third-order valence-corrected chi connectivity index (χ3v) is 4.70. The molecule has 29 heavy (non-hydrogen) atoms. The van der Waals surface area contributed by atoms with Crippen molar-refractivity contribution >= 4 is 0 Å².